The molecule has 5 atom stereocenters. The van der Waals surface area contributed by atoms with E-state index >= 15 is 0 Å². The Balaban J connectivity index is 1.32. The Kier molecular flexibility index (Phi) is 3.50. The van der Waals surface area contributed by atoms with E-state index in [1.165, 1.54) is 0 Å². The number of carbonyl (C=O) groups excluding carboxylic acids is 1. The maximum Gasteiger partial charge on any atom is 0.323 e. The molecule has 2 aliphatic carbocycles. The minimum Gasteiger partial charge on any atom is -0.423 e. The summed E-state index contributed by atoms with van der Waals surface area (Å²) < 4.78 is 5.87. The van der Waals surface area contributed by atoms with Crippen LogP contribution in [0, 0.1) is 31.6 Å². The quantitative estimate of drug-likeness (QED) is 0.690. The van der Waals surface area contributed by atoms with Gasteiger partial charge in [0.25, 0.3) is 0 Å². The molecule has 8 nitrogen and oxygen atoms in total. The summed E-state index contributed by atoms with van der Waals surface area (Å²) in [5.41, 5.74) is 3.37. The SMILES string of the molecule is Cc1nnc(C23C[C@H](C)C[C@H]4C([C@@H]42)N3C(=O)Nc2ccc(C)c(-c3ccn[nH]3)c2)o1. The van der Waals surface area contributed by atoms with E-state index in [2.05, 4.69) is 32.6 Å². The maximum atomic E-state index is 13.5. The number of nitrogens with one attached hydrogen (secondary N) is 2. The molecule has 2 aromatic heterocycles. The smallest absolute Gasteiger partial charge is 0.323 e. The van der Waals surface area contributed by atoms with Crippen molar-refractivity contribution >= 4 is 11.7 Å². The van der Waals surface area contributed by atoms with Gasteiger partial charge in [-0.25, -0.2) is 4.79 Å². The third-order valence-corrected chi connectivity index (χ3v) is 7.14. The highest BCUT2D eigenvalue weighted by Gasteiger charge is 2.82. The predicted octanol–water partition coefficient (Wildman–Crippen LogP) is 3.86. The van der Waals surface area contributed by atoms with E-state index < -0.39 is 5.54 Å². The zero-order chi connectivity index (χ0) is 20.6. The van der Waals surface area contributed by atoms with Crippen LogP contribution in [0.3, 0.4) is 0 Å². The van der Waals surface area contributed by atoms with Crippen LogP contribution < -0.4 is 5.32 Å². The van der Waals surface area contributed by atoms with Gasteiger partial charge in [0.05, 0.1) is 5.69 Å². The van der Waals surface area contributed by atoms with E-state index in [0.29, 0.717) is 29.5 Å². The minimum atomic E-state index is -0.463. The number of carbonyl (C=O) groups is 1. The summed E-state index contributed by atoms with van der Waals surface area (Å²) >= 11 is 0. The van der Waals surface area contributed by atoms with Gasteiger partial charge in [0.2, 0.25) is 11.8 Å². The summed E-state index contributed by atoms with van der Waals surface area (Å²) in [6.45, 7) is 6.10. The van der Waals surface area contributed by atoms with E-state index in [4.69, 9.17) is 4.42 Å². The monoisotopic (exact) mass is 404 g/mol. The summed E-state index contributed by atoms with van der Waals surface area (Å²) in [6, 6.07) is 8.05. The van der Waals surface area contributed by atoms with Gasteiger partial charge in [0.15, 0.2) is 0 Å². The molecule has 154 valence electrons. The van der Waals surface area contributed by atoms with Gasteiger partial charge in [0, 0.05) is 36.3 Å². The number of amides is 2. The highest BCUT2D eigenvalue weighted by atomic mass is 16.4. The summed E-state index contributed by atoms with van der Waals surface area (Å²) in [4.78, 5) is 15.4. The Labute approximate surface area is 174 Å². The van der Waals surface area contributed by atoms with Gasteiger partial charge >= 0.3 is 6.03 Å². The molecule has 2 unspecified atom stereocenters. The predicted molar refractivity (Wildman–Crippen MR) is 109 cm³/mol. The third-order valence-electron chi connectivity index (χ3n) is 7.14. The molecule has 0 spiro atoms. The molecule has 2 N–H and O–H groups in total. The van der Waals surface area contributed by atoms with Crippen LogP contribution in [0.2, 0.25) is 0 Å². The molecular weight excluding hydrogens is 380 g/mol. The Hall–Kier alpha value is -3.16. The van der Waals surface area contributed by atoms with E-state index in [1.54, 1.807) is 13.1 Å². The lowest BCUT2D eigenvalue weighted by molar-refractivity contribution is -0.0279. The number of hydrogen-bond donors (Lipinski definition) is 2. The standard InChI is InChI=1S/C22H24N6O2/c1-11-8-16-18-19(16)28(22(18,10-11)20-27-25-13(3)30-20)21(29)24-14-5-4-12(2)15(9-14)17-6-7-23-26-17/h4-7,9,11,16,18-19H,8,10H2,1-3H3,(H,23,26)(H,24,29)/t11-,16-,18-,19?,22?/m1/s1. The number of benzene rings is 1. The molecule has 2 saturated carbocycles. The summed E-state index contributed by atoms with van der Waals surface area (Å²) in [5.74, 6) is 2.63. The first-order valence-electron chi connectivity index (χ1n) is 10.5. The fraction of sp³-hybridized carbons (Fsp3) is 0.455. The van der Waals surface area contributed by atoms with Crippen molar-refractivity contribution in [1.82, 2.24) is 25.3 Å². The largest absolute Gasteiger partial charge is 0.423 e. The average molecular weight is 404 g/mol. The molecule has 1 aliphatic heterocycles. The Morgan fingerprint density at radius 3 is 2.90 bits per heavy atom. The van der Waals surface area contributed by atoms with Gasteiger partial charge in [-0.15, -0.1) is 10.2 Å². The number of anilines is 1. The van der Waals surface area contributed by atoms with Crippen molar-refractivity contribution in [3.05, 3.63) is 47.8 Å². The highest BCUT2D eigenvalue weighted by molar-refractivity contribution is 5.92. The van der Waals surface area contributed by atoms with Crippen LogP contribution in [0.4, 0.5) is 10.5 Å². The van der Waals surface area contributed by atoms with Crippen LogP contribution in [0.25, 0.3) is 11.3 Å². The average Bonchev–Trinajstić information content (AvgIpc) is 3.04. The number of urea groups is 1. The van der Waals surface area contributed by atoms with Crippen molar-refractivity contribution in [2.75, 3.05) is 5.32 Å². The number of nitrogens with zero attached hydrogens (tertiary/aromatic N) is 4. The van der Waals surface area contributed by atoms with Gasteiger partial charge < -0.3 is 14.6 Å². The molecule has 0 radical (unpaired) electrons. The van der Waals surface area contributed by atoms with Crippen molar-refractivity contribution in [3.8, 4) is 11.3 Å². The van der Waals surface area contributed by atoms with E-state index in [9.17, 15) is 4.79 Å². The zero-order valence-corrected chi connectivity index (χ0v) is 17.2. The van der Waals surface area contributed by atoms with Crippen molar-refractivity contribution in [2.24, 2.45) is 17.8 Å². The van der Waals surface area contributed by atoms with Crippen molar-refractivity contribution in [3.63, 3.8) is 0 Å². The number of rotatable bonds is 3. The molecule has 3 aromatic rings. The molecule has 2 amide bonds. The van der Waals surface area contributed by atoms with E-state index in [1.807, 2.05) is 36.1 Å². The molecule has 3 aliphatic rings. The first-order chi connectivity index (χ1) is 14.5. The molecule has 3 heterocycles. The number of aromatic amines is 1. The van der Waals surface area contributed by atoms with Gasteiger partial charge in [-0.1, -0.05) is 13.0 Å². The Bertz CT molecular complexity index is 1140. The lowest BCUT2D eigenvalue weighted by Gasteiger charge is -2.50. The van der Waals surface area contributed by atoms with Gasteiger partial charge in [0.1, 0.15) is 5.54 Å². The molecule has 1 aromatic carbocycles. The number of aromatic nitrogens is 4. The number of H-pyrrole nitrogens is 1. The molecular formula is C22H24N6O2. The summed E-state index contributed by atoms with van der Waals surface area (Å²) in [6.07, 6.45) is 3.75. The van der Waals surface area contributed by atoms with Gasteiger partial charge in [-0.05, 0) is 55.4 Å². The van der Waals surface area contributed by atoms with Crippen LogP contribution >= 0.6 is 0 Å². The second-order valence-electron chi connectivity index (χ2n) is 9.08. The second-order valence-corrected chi connectivity index (χ2v) is 9.08. The van der Waals surface area contributed by atoms with Crippen LogP contribution in [-0.4, -0.2) is 37.4 Å². The lowest BCUT2D eigenvalue weighted by atomic mass is 9.72. The number of fused-ring (bicyclic) bond motifs is 1. The van der Waals surface area contributed by atoms with Crippen molar-refractivity contribution in [2.45, 2.75) is 45.2 Å². The van der Waals surface area contributed by atoms with Crippen LogP contribution in [0.5, 0.6) is 0 Å². The highest BCUT2D eigenvalue weighted by Crippen LogP contribution is 2.73. The topological polar surface area (TPSA) is 99.9 Å². The van der Waals surface area contributed by atoms with Gasteiger partial charge in [-0.2, -0.15) is 5.10 Å². The van der Waals surface area contributed by atoms with E-state index in [-0.39, 0.29) is 12.1 Å². The molecule has 1 saturated heterocycles. The first-order valence-corrected chi connectivity index (χ1v) is 10.5. The minimum absolute atomic E-state index is 0.0943. The maximum absolute atomic E-state index is 13.5. The molecule has 3 fully saturated rings. The van der Waals surface area contributed by atoms with Crippen molar-refractivity contribution < 1.29 is 9.21 Å². The summed E-state index contributed by atoms with van der Waals surface area (Å²) in [7, 11) is 0. The molecule has 0 bridgehead atoms. The Morgan fingerprint density at radius 2 is 2.17 bits per heavy atom. The van der Waals surface area contributed by atoms with Crippen molar-refractivity contribution in [1.29, 1.82) is 0 Å². The molecule has 30 heavy (non-hydrogen) atoms. The summed E-state index contributed by atoms with van der Waals surface area (Å²) in [5, 5.41) is 18.6. The van der Waals surface area contributed by atoms with Crippen LogP contribution in [-0.2, 0) is 5.54 Å². The second kappa shape index (κ2) is 5.93. The number of aryl methyl sites for hydroxylation is 2. The zero-order valence-electron chi connectivity index (χ0n) is 17.2. The first kappa shape index (κ1) is 17.7. The Morgan fingerprint density at radius 1 is 1.30 bits per heavy atom. The third kappa shape index (κ3) is 2.27. The van der Waals surface area contributed by atoms with Crippen LogP contribution in [0.1, 0.15) is 37.1 Å². The fourth-order valence-corrected chi connectivity index (χ4v) is 5.99. The number of likely N-dealkylation sites (tertiary alicyclic amines) is 1. The normalized spacial score (nSPS) is 31.1. The van der Waals surface area contributed by atoms with Crippen LogP contribution in [0.15, 0.2) is 34.9 Å². The molecule has 6 rings (SSSR count). The van der Waals surface area contributed by atoms with Gasteiger partial charge in [-0.3, -0.25) is 5.10 Å². The molecule has 8 heteroatoms. The van der Waals surface area contributed by atoms with E-state index in [0.717, 1.165) is 35.3 Å². The fourth-order valence-electron chi connectivity index (χ4n) is 5.99. The lowest BCUT2D eigenvalue weighted by Crippen LogP contribution is -2.63. The number of hydrogen-bond acceptors (Lipinski definition) is 5.